The van der Waals surface area contributed by atoms with Crippen LogP contribution in [0.2, 0.25) is 0 Å². The average Bonchev–Trinajstić information content (AvgIpc) is 2.95. The van der Waals surface area contributed by atoms with Crippen molar-refractivity contribution in [2.45, 2.75) is 6.92 Å². The van der Waals surface area contributed by atoms with Gasteiger partial charge in [-0.1, -0.05) is 15.9 Å². The van der Waals surface area contributed by atoms with Gasteiger partial charge >= 0.3 is 5.97 Å². The highest BCUT2D eigenvalue weighted by atomic mass is 79.9. The number of benzene rings is 1. The summed E-state index contributed by atoms with van der Waals surface area (Å²) in [7, 11) is 2.71. The van der Waals surface area contributed by atoms with Crippen molar-refractivity contribution in [3.8, 4) is 11.8 Å². The van der Waals surface area contributed by atoms with Gasteiger partial charge < -0.3 is 14.8 Å². The average molecular weight is 547 g/mol. The maximum atomic E-state index is 12.6. The number of methoxy groups -OCH3 is 2. The number of esters is 1. The van der Waals surface area contributed by atoms with Crippen LogP contribution in [0.25, 0.3) is 0 Å². The second-order valence-electron chi connectivity index (χ2n) is 5.24. The van der Waals surface area contributed by atoms with E-state index in [2.05, 4.69) is 42.5 Å². The number of nitrogens with zero attached hydrogens (tertiary/aromatic N) is 1. The molecule has 0 bridgehead atoms. The third kappa shape index (κ3) is 4.70. The molecule has 0 aliphatic rings. The van der Waals surface area contributed by atoms with Gasteiger partial charge in [-0.25, -0.2) is 4.79 Å². The Bertz CT molecular complexity index is 1010. The number of amides is 1. The summed E-state index contributed by atoms with van der Waals surface area (Å²) in [6.45, 7) is 1.64. The van der Waals surface area contributed by atoms with Crippen LogP contribution in [0.4, 0.5) is 5.00 Å². The lowest BCUT2D eigenvalue weighted by molar-refractivity contribution is 0.0605. The van der Waals surface area contributed by atoms with Crippen LogP contribution in [-0.2, 0) is 4.74 Å². The summed E-state index contributed by atoms with van der Waals surface area (Å²) in [6, 6.07) is 5.36. The van der Waals surface area contributed by atoms with E-state index in [-0.39, 0.29) is 21.1 Å². The highest BCUT2D eigenvalue weighted by Crippen LogP contribution is 2.34. The first-order valence-corrected chi connectivity index (χ1v) is 10.3. The summed E-state index contributed by atoms with van der Waals surface area (Å²) in [5.41, 5.74) is 0.990. The molecule has 0 unspecified atom stereocenters. The number of carbonyl (C=O) groups excluding carboxylic acids is 2. The van der Waals surface area contributed by atoms with E-state index >= 15 is 0 Å². The number of thiocarbonyl (C=S) groups is 1. The molecule has 11 heteroatoms. The van der Waals surface area contributed by atoms with Crippen LogP contribution in [-0.4, -0.2) is 31.2 Å². The number of thiophene rings is 1. The van der Waals surface area contributed by atoms with E-state index in [0.717, 1.165) is 11.3 Å². The lowest BCUT2D eigenvalue weighted by atomic mass is 10.2. The van der Waals surface area contributed by atoms with Crippen molar-refractivity contribution in [2.75, 3.05) is 19.5 Å². The van der Waals surface area contributed by atoms with E-state index in [1.54, 1.807) is 19.1 Å². The third-order valence-electron chi connectivity index (χ3n) is 3.54. The van der Waals surface area contributed by atoms with E-state index in [1.807, 2.05) is 6.07 Å². The van der Waals surface area contributed by atoms with Gasteiger partial charge in [-0.2, -0.15) is 5.26 Å². The summed E-state index contributed by atoms with van der Waals surface area (Å²) in [5, 5.41) is 15.0. The maximum absolute atomic E-state index is 12.6. The van der Waals surface area contributed by atoms with E-state index < -0.39 is 11.9 Å². The van der Waals surface area contributed by atoms with Gasteiger partial charge in [0.25, 0.3) is 5.91 Å². The van der Waals surface area contributed by atoms with Crippen molar-refractivity contribution < 1.29 is 19.1 Å². The van der Waals surface area contributed by atoms with E-state index in [4.69, 9.17) is 21.7 Å². The monoisotopic (exact) mass is 545 g/mol. The molecule has 2 rings (SSSR count). The van der Waals surface area contributed by atoms with Gasteiger partial charge in [0.2, 0.25) is 0 Å². The van der Waals surface area contributed by atoms with Gasteiger partial charge in [-0.3, -0.25) is 10.1 Å². The fourth-order valence-electron chi connectivity index (χ4n) is 2.26. The van der Waals surface area contributed by atoms with Crippen molar-refractivity contribution in [3.05, 3.63) is 42.6 Å². The van der Waals surface area contributed by atoms with E-state index in [0.29, 0.717) is 25.3 Å². The molecule has 0 fully saturated rings. The predicted molar refractivity (Wildman–Crippen MR) is 117 cm³/mol. The Morgan fingerprint density at radius 3 is 2.54 bits per heavy atom. The molecular weight excluding hydrogens is 534 g/mol. The van der Waals surface area contributed by atoms with Gasteiger partial charge in [-0.05, 0) is 52.8 Å². The second-order valence-corrected chi connectivity index (χ2v) is 8.44. The fraction of sp³-hybridized carbons (Fsp3) is 0.176. The Balaban J connectivity index is 2.25. The summed E-state index contributed by atoms with van der Waals surface area (Å²) in [4.78, 5) is 24.7. The van der Waals surface area contributed by atoms with Crippen molar-refractivity contribution >= 4 is 77.4 Å². The molecule has 2 aromatic rings. The number of hydrogen-bond acceptors (Lipinski definition) is 7. The number of halogens is 2. The Kier molecular flexibility index (Phi) is 7.54. The molecule has 0 aliphatic carbocycles. The van der Waals surface area contributed by atoms with Crippen LogP contribution in [0.5, 0.6) is 5.75 Å². The molecule has 0 radical (unpaired) electrons. The topological polar surface area (TPSA) is 100 Å². The molecule has 0 spiro atoms. The molecule has 0 aliphatic heterocycles. The lowest BCUT2D eigenvalue weighted by Crippen LogP contribution is -2.34. The zero-order chi connectivity index (χ0) is 21.0. The van der Waals surface area contributed by atoms with Gasteiger partial charge in [0, 0.05) is 4.47 Å². The van der Waals surface area contributed by atoms with Gasteiger partial charge in [0.15, 0.2) is 5.11 Å². The molecule has 146 valence electrons. The van der Waals surface area contributed by atoms with E-state index in [9.17, 15) is 14.9 Å². The summed E-state index contributed by atoms with van der Waals surface area (Å²) >= 11 is 12.9. The molecule has 1 heterocycles. The quantitative estimate of drug-likeness (QED) is 0.433. The number of rotatable bonds is 4. The SMILES string of the molecule is COC(=O)c1sc(NC(=S)NC(=O)c2cc(Br)cc(Br)c2OC)c(C#N)c1C. The molecule has 28 heavy (non-hydrogen) atoms. The Hall–Kier alpha value is -2.00. The molecule has 2 N–H and O–H groups in total. The molecule has 0 atom stereocenters. The number of nitriles is 1. The van der Waals surface area contributed by atoms with Crippen LogP contribution in [0, 0.1) is 18.3 Å². The van der Waals surface area contributed by atoms with Crippen molar-refractivity contribution in [1.29, 1.82) is 5.26 Å². The maximum Gasteiger partial charge on any atom is 0.348 e. The minimum Gasteiger partial charge on any atom is -0.495 e. The smallest absolute Gasteiger partial charge is 0.348 e. The van der Waals surface area contributed by atoms with Crippen LogP contribution in [0.1, 0.15) is 31.2 Å². The van der Waals surface area contributed by atoms with Crippen LogP contribution in [0.15, 0.2) is 21.1 Å². The van der Waals surface area contributed by atoms with Crippen LogP contribution >= 0.6 is 55.4 Å². The lowest BCUT2D eigenvalue weighted by Gasteiger charge is -2.13. The number of nitrogens with one attached hydrogen (secondary N) is 2. The van der Waals surface area contributed by atoms with Crippen LogP contribution < -0.4 is 15.4 Å². The molecular formula is C17H13Br2N3O4S2. The third-order valence-corrected chi connectivity index (χ3v) is 5.98. The standard InChI is InChI=1S/C17H13Br2N3O4S2/c1-7-10(6-20)15(28-13(7)16(24)26-3)22-17(27)21-14(23)9-4-8(18)5-11(19)12(9)25-2/h4-5H,1-3H3,(H2,21,22,23,27). The molecule has 0 saturated heterocycles. The van der Waals surface area contributed by atoms with Gasteiger partial charge in [-0.15, -0.1) is 11.3 Å². The van der Waals surface area contributed by atoms with Gasteiger partial charge in [0.1, 0.15) is 21.7 Å². The fourth-order valence-corrected chi connectivity index (χ4v) is 4.99. The Labute approximate surface area is 187 Å². The van der Waals surface area contributed by atoms with Crippen molar-refractivity contribution in [2.24, 2.45) is 0 Å². The molecule has 0 saturated carbocycles. The normalized spacial score (nSPS) is 10.0. The molecule has 1 aromatic heterocycles. The molecule has 1 aromatic carbocycles. The predicted octanol–water partition coefficient (Wildman–Crippen LogP) is 4.38. The van der Waals surface area contributed by atoms with Crippen LogP contribution in [0.3, 0.4) is 0 Å². The largest absolute Gasteiger partial charge is 0.495 e. The second kappa shape index (κ2) is 9.47. The first-order valence-electron chi connectivity index (χ1n) is 7.50. The van der Waals surface area contributed by atoms with Crippen molar-refractivity contribution in [3.63, 3.8) is 0 Å². The van der Waals surface area contributed by atoms with E-state index in [1.165, 1.54) is 14.2 Å². The molecule has 1 amide bonds. The Morgan fingerprint density at radius 2 is 1.96 bits per heavy atom. The minimum atomic E-state index is -0.550. The summed E-state index contributed by atoms with van der Waals surface area (Å²) in [6.07, 6.45) is 0. The number of ether oxygens (including phenoxy) is 2. The summed E-state index contributed by atoms with van der Waals surface area (Å²) < 4.78 is 11.2. The highest BCUT2D eigenvalue weighted by Gasteiger charge is 2.22. The number of carbonyl (C=O) groups is 2. The summed E-state index contributed by atoms with van der Waals surface area (Å²) in [5.74, 6) is -0.705. The first kappa shape index (κ1) is 22.3. The molecule has 7 nitrogen and oxygen atoms in total. The number of anilines is 1. The zero-order valence-electron chi connectivity index (χ0n) is 14.8. The zero-order valence-corrected chi connectivity index (χ0v) is 19.6. The van der Waals surface area contributed by atoms with Gasteiger partial charge in [0.05, 0.1) is 29.8 Å². The highest BCUT2D eigenvalue weighted by molar-refractivity contribution is 9.11. The minimum absolute atomic E-state index is 0.0303. The number of hydrogen-bond donors (Lipinski definition) is 2. The first-order chi connectivity index (χ1) is 13.2. The Morgan fingerprint density at radius 1 is 1.29 bits per heavy atom. The van der Waals surface area contributed by atoms with Crippen molar-refractivity contribution in [1.82, 2.24) is 5.32 Å².